The highest BCUT2D eigenvalue weighted by molar-refractivity contribution is 7.90. The maximum Gasteiger partial charge on any atom is 0.213 e. The highest BCUT2D eigenvalue weighted by Gasteiger charge is 2.32. The lowest BCUT2D eigenvalue weighted by atomic mass is 9.99. The predicted octanol–water partition coefficient (Wildman–Crippen LogP) is 4.00. The molecule has 5 rings (SSSR count). The van der Waals surface area contributed by atoms with Crippen molar-refractivity contribution in [2.24, 2.45) is 10.9 Å². The van der Waals surface area contributed by atoms with Crippen LogP contribution in [0.25, 0.3) is 22.2 Å². The molecule has 1 fully saturated rings. The van der Waals surface area contributed by atoms with Crippen molar-refractivity contribution in [3.8, 4) is 17.5 Å². The van der Waals surface area contributed by atoms with E-state index in [0.717, 1.165) is 28.0 Å². The number of rotatable bonds is 5. The summed E-state index contributed by atoms with van der Waals surface area (Å²) in [5, 5.41) is 22.2. The number of aliphatic imine (C=N–C) groups is 1. The van der Waals surface area contributed by atoms with Crippen LogP contribution in [0.4, 0.5) is 11.5 Å². The largest absolute Gasteiger partial charge is 0.351 e. The molecular weight excluding hydrogens is 524 g/mol. The maximum atomic E-state index is 11.8. The molecule has 1 atom stereocenters. The van der Waals surface area contributed by atoms with Gasteiger partial charge in [0.25, 0.3) is 0 Å². The van der Waals surface area contributed by atoms with Gasteiger partial charge in [-0.25, -0.2) is 13.4 Å². The SMILES string of the molecule is CC(C)C1CN(c2ccc(-c3ccc(S(C)(=O)=O)cc3)nn2)CCN1C(=Nc1cccc2ncccc12)NC#N. The van der Waals surface area contributed by atoms with Crippen LogP contribution in [0.5, 0.6) is 0 Å². The molecule has 1 N–H and O–H groups in total. The molecule has 0 bridgehead atoms. The Balaban J connectivity index is 1.37. The van der Waals surface area contributed by atoms with E-state index < -0.39 is 9.84 Å². The van der Waals surface area contributed by atoms with E-state index in [2.05, 4.69) is 50.3 Å². The average Bonchev–Trinajstić information content (AvgIpc) is 2.96. The van der Waals surface area contributed by atoms with E-state index in [1.807, 2.05) is 42.5 Å². The number of pyridine rings is 1. The number of nitrogens with one attached hydrogen (secondary N) is 1. The Kier molecular flexibility index (Phi) is 7.62. The van der Waals surface area contributed by atoms with Crippen molar-refractivity contribution in [3.05, 3.63) is 72.9 Å². The van der Waals surface area contributed by atoms with Crippen LogP contribution in [-0.4, -0.2) is 66.4 Å². The second-order valence-electron chi connectivity index (χ2n) is 10.0. The number of hydrogen-bond acceptors (Lipinski definition) is 8. The molecule has 1 saturated heterocycles. The highest BCUT2D eigenvalue weighted by atomic mass is 32.2. The first-order chi connectivity index (χ1) is 19.2. The Labute approximate surface area is 233 Å². The Bertz CT molecular complexity index is 1670. The van der Waals surface area contributed by atoms with Crippen LogP contribution in [0.3, 0.4) is 0 Å². The average molecular weight is 555 g/mol. The fraction of sp³-hybridized carbons (Fsp3) is 0.276. The van der Waals surface area contributed by atoms with E-state index in [0.29, 0.717) is 31.3 Å². The summed E-state index contributed by atoms with van der Waals surface area (Å²) < 4.78 is 23.5. The Hall–Kier alpha value is -4.56. The zero-order valence-corrected chi connectivity index (χ0v) is 23.4. The topological polar surface area (TPSA) is 127 Å². The summed E-state index contributed by atoms with van der Waals surface area (Å²) in [5.41, 5.74) is 3.06. The predicted molar refractivity (Wildman–Crippen MR) is 156 cm³/mol. The van der Waals surface area contributed by atoms with Gasteiger partial charge in [0.1, 0.15) is 0 Å². The lowest BCUT2D eigenvalue weighted by Gasteiger charge is -2.44. The molecule has 11 heteroatoms. The standard InChI is InChI=1S/C29H30N8O2S/c1-20(2)27-18-36(28-14-13-24(34-35-28)21-9-11-22(12-10-21)40(3,38)39)16-17-37(27)29(32-19-30)33-26-8-4-7-25-23(26)6-5-15-31-25/h4-15,20,27H,16-18H2,1-3H3,(H,32,33). The Morgan fingerprint density at radius 2 is 1.85 bits per heavy atom. The molecule has 2 aromatic heterocycles. The van der Waals surface area contributed by atoms with Crippen LogP contribution in [0.1, 0.15) is 13.8 Å². The number of nitriles is 1. The fourth-order valence-corrected chi connectivity index (χ4v) is 5.52. The Morgan fingerprint density at radius 3 is 2.52 bits per heavy atom. The smallest absolute Gasteiger partial charge is 0.213 e. The van der Waals surface area contributed by atoms with Gasteiger partial charge in [-0.05, 0) is 54.4 Å². The summed E-state index contributed by atoms with van der Waals surface area (Å²) in [6, 6.07) is 20.2. The summed E-state index contributed by atoms with van der Waals surface area (Å²) in [6.45, 7) is 6.29. The molecule has 1 aliphatic heterocycles. The number of nitrogens with zero attached hydrogens (tertiary/aromatic N) is 7. The molecule has 3 heterocycles. The molecule has 0 radical (unpaired) electrons. The molecule has 0 amide bonds. The molecule has 2 aromatic carbocycles. The van der Waals surface area contributed by atoms with Gasteiger partial charge in [0.05, 0.1) is 27.8 Å². The number of aromatic nitrogens is 3. The maximum absolute atomic E-state index is 11.8. The number of anilines is 1. The van der Waals surface area contributed by atoms with E-state index in [-0.39, 0.29) is 16.9 Å². The van der Waals surface area contributed by atoms with Gasteiger partial charge >= 0.3 is 0 Å². The second kappa shape index (κ2) is 11.3. The van der Waals surface area contributed by atoms with E-state index in [1.165, 1.54) is 6.26 Å². The number of benzene rings is 2. The van der Waals surface area contributed by atoms with Crippen LogP contribution >= 0.6 is 0 Å². The Morgan fingerprint density at radius 1 is 1.05 bits per heavy atom. The van der Waals surface area contributed by atoms with Crippen molar-refractivity contribution in [1.82, 2.24) is 25.4 Å². The summed E-state index contributed by atoms with van der Waals surface area (Å²) in [5.74, 6) is 1.54. The van der Waals surface area contributed by atoms with Gasteiger partial charge in [-0.2, -0.15) is 5.26 Å². The molecule has 1 unspecified atom stereocenters. The number of fused-ring (bicyclic) bond motifs is 1. The van der Waals surface area contributed by atoms with E-state index >= 15 is 0 Å². The van der Waals surface area contributed by atoms with Gasteiger partial charge in [0.15, 0.2) is 21.8 Å². The molecule has 0 saturated carbocycles. The third kappa shape index (κ3) is 5.72. The van der Waals surface area contributed by atoms with Gasteiger partial charge in [0, 0.05) is 43.0 Å². The monoisotopic (exact) mass is 554 g/mol. The third-order valence-corrected chi connectivity index (χ3v) is 8.16. The normalized spacial score (nSPS) is 16.3. The number of guanidine groups is 1. The number of hydrogen-bond donors (Lipinski definition) is 1. The molecule has 0 aliphatic carbocycles. The van der Waals surface area contributed by atoms with Crippen molar-refractivity contribution >= 4 is 38.2 Å². The van der Waals surface area contributed by atoms with Crippen molar-refractivity contribution < 1.29 is 8.42 Å². The summed E-state index contributed by atoms with van der Waals surface area (Å²) in [6.07, 6.45) is 5.00. The van der Waals surface area contributed by atoms with Gasteiger partial charge < -0.3 is 9.80 Å². The summed E-state index contributed by atoms with van der Waals surface area (Å²) in [7, 11) is -3.26. The molecule has 0 spiro atoms. The first kappa shape index (κ1) is 27.0. The first-order valence-corrected chi connectivity index (χ1v) is 14.9. The van der Waals surface area contributed by atoms with Crippen LogP contribution in [-0.2, 0) is 9.84 Å². The summed E-state index contributed by atoms with van der Waals surface area (Å²) in [4.78, 5) is 13.9. The third-order valence-electron chi connectivity index (χ3n) is 7.03. The summed E-state index contributed by atoms with van der Waals surface area (Å²) >= 11 is 0. The van der Waals surface area contributed by atoms with Gasteiger partial charge in [-0.1, -0.05) is 32.0 Å². The molecule has 204 valence electrons. The van der Waals surface area contributed by atoms with Crippen molar-refractivity contribution in [3.63, 3.8) is 0 Å². The molecule has 40 heavy (non-hydrogen) atoms. The van der Waals surface area contributed by atoms with Gasteiger partial charge in [-0.15, -0.1) is 10.2 Å². The van der Waals surface area contributed by atoms with Crippen LogP contribution in [0.15, 0.2) is 82.8 Å². The first-order valence-electron chi connectivity index (χ1n) is 13.0. The minimum atomic E-state index is -3.26. The van der Waals surface area contributed by atoms with Crippen molar-refractivity contribution in [1.29, 1.82) is 5.26 Å². The highest BCUT2D eigenvalue weighted by Crippen LogP contribution is 2.27. The minimum Gasteiger partial charge on any atom is -0.351 e. The molecule has 4 aromatic rings. The van der Waals surface area contributed by atoms with Gasteiger partial charge in [-0.3, -0.25) is 10.3 Å². The minimum absolute atomic E-state index is 0.0615. The van der Waals surface area contributed by atoms with Crippen molar-refractivity contribution in [2.45, 2.75) is 24.8 Å². The molecule has 10 nitrogen and oxygen atoms in total. The van der Waals surface area contributed by atoms with Crippen molar-refractivity contribution in [2.75, 3.05) is 30.8 Å². The number of sulfone groups is 1. The lowest BCUT2D eigenvalue weighted by molar-refractivity contribution is 0.220. The quantitative estimate of drug-likeness (QED) is 0.168. The zero-order valence-electron chi connectivity index (χ0n) is 22.6. The van der Waals surface area contributed by atoms with E-state index in [4.69, 9.17) is 4.99 Å². The lowest BCUT2D eigenvalue weighted by Crippen LogP contribution is -2.59. The molecular formula is C29H30N8O2S. The second-order valence-corrected chi connectivity index (χ2v) is 12.1. The van der Waals surface area contributed by atoms with Gasteiger partial charge in [0.2, 0.25) is 5.96 Å². The fourth-order valence-electron chi connectivity index (χ4n) is 4.89. The molecule has 1 aliphatic rings. The van der Waals surface area contributed by atoms with E-state index in [1.54, 1.807) is 30.5 Å². The van der Waals surface area contributed by atoms with Crippen LogP contribution in [0, 0.1) is 17.4 Å². The number of piperazine rings is 1. The zero-order chi connectivity index (χ0) is 28.3. The van der Waals surface area contributed by atoms with Crippen LogP contribution < -0.4 is 10.2 Å². The van der Waals surface area contributed by atoms with E-state index in [9.17, 15) is 13.7 Å². The van der Waals surface area contributed by atoms with Crippen LogP contribution in [0.2, 0.25) is 0 Å².